The van der Waals surface area contributed by atoms with Crippen molar-refractivity contribution >= 4 is 17.7 Å². The number of hydrogen-bond acceptors (Lipinski definition) is 4. The third kappa shape index (κ3) is 5.53. The minimum absolute atomic E-state index is 0.332. The summed E-state index contributed by atoms with van der Waals surface area (Å²) in [4.78, 5) is 12.2. The molecule has 0 aliphatic carbocycles. The Morgan fingerprint density at radius 3 is 2.79 bits per heavy atom. The number of methoxy groups -OCH3 is 1. The standard InChI is InChI=1S/C14H21NO3S/c1-3-6-11(9-10-14(16)15-17)19-13-8-5-4-7-12(13)18-2/h4-5,7-8,11,17H,3,6,9-10H2,1-2H3,(H,15,16). The number of hydroxylamine groups is 1. The van der Waals surface area contributed by atoms with E-state index in [0.717, 1.165) is 29.9 Å². The second kappa shape index (κ2) is 8.82. The summed E-state index contributed by atoms with van der Waals surface area (Å²) in [6.45, 7) is 2.13. The van der Waals surface area contributed by atoms with E-state index in [1.54, 1.807) is 24.4 Å². The van der Waals surface area contributed by atoms with E-state index in [2.05, 4.69) is 6.92 Å². The van der Waals surface area contributed by atoms with Crippen LogP contribution in [-0.2, 0) is 4.79 Å². The summed E-state index contributed by atoms with van der Waals surface area (Å²) in [5.74, 6) is 0.530. The lowest BCUT2D eigenvalue weighted by molar-refractivity contribution is -0.129. The van der Waals surface area contributed by atoms with E-state index >= 15 is 0 Å². The van der Waals surface area contributed by atoms with Crippen molar-refractivity contribution in [3.63, 3.8) is 0 Å². The molecule has 106 valence electrons. The number of amides is 1. The van der Waals surface area contributed by atoms with E-state index in [-0.39, 0.29) is 5.91 Å². The fourth-order valence-corrected chi connectivity index (χ4v) is 3.20. The van der Waals surface area contributed by atoms with Gasteiger partial charge in [0.25, 0.3) is 0 Å². The zero-order valence-electron chi connectivity index (χ0n) is 11.4. The molecule has 0 saturated heterocycles. The molecule has 0 aliphatic heterocycles. The Hall–Kier alpha value is -1.20. The van der Waals surface area contributed by atoms with Crippen molar-refractivity contribution < 1.29 is 14.7 Å². The molecule has 1 aromatic carbocycles. The normalized spacial score (nSPS) is 11.9. The molecule has 1 unspecified atom stereocenters. The maximum absolute atomic E-state index is 11.1. The van der Waals surface area contributed by atoms with Gasteiger partial charge in [-0.2, -0.15) is 0 Å². The molecule has 0 bridgehead atoms. The number of benzene rings is 1. The summed E-state index contributed by atoms with van der Waals surface area (Å²) < 4.78 is 5.33. The number of thioether (sulfide) groups is 1. The van der Waals surface area contributed by atoms with Crippen LogP contribution in [0.2, 0.25) is 0 Å². The Labute approximate surface area is 118 Å². The number of carbonyl (C=O) groups excluding carboxylic acids is 1. The minimum Gasteiger partial charge on any atom is -0.496 e. The summed E-state index contributed by atoms with van der Waals surface area (Å²) in [6.07, 6.45) is 3.17. The molecule has 1 atom stereocenters. The van der Waals surface area contributed by atoms with Gasteiger partial charge in [-0.25, -0.2) is 5.48 Å². The smallest absolute Gasteiger partial charge is 0.243 e. The first-order valence-corrected chi connectivity index (χ1v) is 7.31. The molecule has 19 heavy (non-hydrogen) atoms. The van der Waals surface area contributed by atoms with Crippen LogP contribution in [0.3, 0.4) is 0 Å². The van der Waals surface area contributed by atoms with Crippen molar-refractivity contribution in [1.29, 1.82) is 0 Å². The van der Waals surface area contributed by atoms with Crippen LogP contribution in [0.5, 0.6) is 5.75 Å². The predicted octanol–water partition coefficient (Wildman–Crippen LogP) is 3.24. The van der Waals surface area contributed by atoms with Crippen LogP contribution in [0.25, 0.3) is 0 Å². The molecular formula is C14H21NO3S. The lowest BCUT2D eigenvalue weighted by atomic mass is 10.1. The Morgan fingerprint density at radius 2 is 2.16 bits per heavy atom. The van der Waals surface area contributed by atoms with Gasteiger partial charge in [0.15, 0.2) is 0 Å². The molecule has 0 aromatic heterocycles. The SMILES string of the molecule is CCCC(CCC(=O)NO)Sc1ccccc1OC. The number of para-hydroxylation sites is 1. The highest BCUT2D eigenvalue weighted by atomic mass is 32.2. The van der Waals surface area contributed by atoms with Gasteiger partial charge in [0.2, 0.25) is 5.91 Å². The zero-order chi connectivity index (χ0) is 14.1. The van der Waals surface area contributed by atoms with Crippen molar-refractivity contribution in [1.82, 2.24) is 5.48 Å². The number of ether oxygens (including phenoxy) is 1. The number of rotatable bonds is 8. The highest BCUT2D eigenvalue weighted by Gasteiger charge is 2.14. The second-order valence-corrected chi connectivity index (χ2v) is 5.60. The van der Waals surface area contributed by atoms with Crippen LogP contribution in [0.1, 0.15) is 32.6 Å². The Kier molecular flexibility index (Phi) is 7.36. The van der Waals surface area contributed by atoms with Crippen LogP contribution >= 0.6 is 11.8 Å². The molecule has 0 radical (unpaired) electrons. The van der Waals surface area contributed by atoms with E-state index in [9.17, 15) is 4.79 Å². The molecule has 0 heterocycles. The van der Waals surface area contributed by atoms with Crippen LogP contribution in [0.15, 0.2) is 29.2 Å². The minimum atomic E-state index is -0.332. The first-order valence-electron chi connectivity index (χ1n) is 6.43. The van der Waals surface area contributed by atoms with Crippen LogP contribution in [-0.4, -0.2) is 23.5 Å². The van der Waals surface area contributed by atoms with Crippen LogP contribution in [0, 0.1) is 0 Å². The summed E-state index contributed by atoms with van der Waals surface area (Å²) in [5.41, 5.74) is 1.68. The Morgan fingerprint density at radius 1 is 1.42 bits per heavy atom. The van der Waals surface area contributed by atoms with Crippen molar-refractivity contribution in [3.8, 4) is 5.75 Å². The highest BCUT2D eigenvalue weighted by Crippen LogP contribution is 2.35. The molecule has 5 heteroatoms. The molecular weight excluding hydrogens is 262 g/mol. The molecule has 0 saturated carbocycles. The summed E-state index contributed by atoms with van der Waals surface area (Å²) in [6, 6.07) is 7.88. The molecule has 0 spiro atoms. The van der Waals surface area contributed by atoms with Gasteiger partial charge < -0.3 is 4.74 Å². The lowest BCUT2D eigenvalue weighted by Gasteiger charge is -2.16. The second-order valence-electron chi connectivity index (χ2n) is 4.25. The Bertz CT molecular complexity index is 398. The number of hydrogen-bond donors (Lipinski definition) is 2. The monoisotopic (exact) mass is 283 g/mol. The highest BCUT2D eigenvalue weighted by molar-refractivity contribution is 8.00. The molecule has 4 nitrogen and oxygen atoms in total. The fourth-order valence-electron chi connectivity index (χ4n) is 1.83. The zero-order valence-corrected chi connectivity index (χ0v) is 12.2. The van der Waals surface area contributed by atoms with Gasteiger partial charge in [-0.3, -0.25) is 10.0 Å². The Balaban J connectivity index is 2.63. The average molecular weight is 283 g/mol. The van der Waals surface area contributed by atoms with E-state index in [1.165, 1.54) is 0 Å². The van der Waals surface area contributed by atoms with Crippen molar-refractivity contribution in [2.45, 2.75) is 42.8 Å². The lowest BCUT2D eigenvalue weighted by Crippen LogP contribution is -2.19. The largest absolute Gasteiger partial charge is 0.496 e. The van der Waals surface area contributed by atoms with Crippen LogP contribution in [0.4, 0.5) is 0 Å². The van der Waals surface area contributed by atoms with Gasteiger partial charge in [-0.1, -0.05) is 25.5 Å². The molecule has 1 aromatic rings. The van der Waals surface area contributed by atoms with Gasteiger partial charge in [0, 0.05) is 16.6 Å². The van der Waals surface area contributed by atoms with E-state index in [1.807, 2.05) is 24.3 Å². The van der Waals surface area contributed by atoms with Crippen LogP contribution < -0.4 is 10.2 Å². The van der Waals surface area contributed by atoms with E-state index in [4.69, 9.17) is 9.94 Å². The summed E-state index contributed by atoms with van der Waals surface area (Å²) in [7, 11) is 1.66. The summed E-state index contributed by atoms with van der Waals surface area (Å²) >= 11 is 1.73. The third-order valence-corrected chi connectivity index (χ3v) is 4.19. The van der Waals surface area contributed by atoms with E-state index in [0.29, 0.717) is 11.7 Å². The van der Waals surface area contributed by atoms with Gasteiger partial charge in [0.05, 0.1) is 7.11 Å². The average Bonchev–Trinajstić information content (AvgIpc) is 2.45. The predicted molar refractivity (Wildman–Crippen MR) is 76.7 cm³/mol. The van der Waals surface area contributed by atoms with E-state index < -0.39 is 0 Å². The number of nitrogens with one attached hydrogen (secondary N) is 1. The molecule has 1 amide bonds. The van der Waals surface area contributed by atoms with Crippen molar-refractivity contribution in [2.75, 3.05) is 7.11 Å². The van der Waals surface area contributed by atoms with Gasteiger partial charge in [-0.05, 0) is 25.0 Å². The van der Waals surface area contributed by atoms with Gasteiger partial charge in [-0.15, -0.1) is 11.8 Å². The maximum atomic E-state index is 11.1. The van der Waals surface area contributed by atoms with Crippen molar-refractivity contribution in [2.24, 2.45) is 0 Å². The topological polar surface area (TPSA) is 58.6 Å². The molecule has 2 N–H and O–H groups in total. The quantitative estimate of drug-likeness (QED) is 0.437. The third-order valence-electron chi connectivity index (χ3n) is 2.79. The van der Waals surface area contributed by atoms with Gasteiger partial charge >= 0.3 is 0 Å². The maximum Gasteiger partial charge on any atom is 0.243 e. The molecule has 1 rings (SSSR count). The van der Waals surface area contributed by atoms with Crippen molar-refractivity contribution in [3.05, 3.63) is 24.3 Å². The molecule has 0 aliphatic rings. The first-order chi connectivity index (χ1) is 9.21. The fraction of sp³-hybridized carbons (Fsp3) is 0.500. The summed E-state index contributed by atoms with van der Waals surface area (Å²) in [5, 5.41) is 8.87. The first kappa shape index (κ1) is 15.9. The molecule has 0 fully saturated rings. The van der Waals surface area contributed by atoms with Gasteiger partial charge in [0.1, 0.15) is 5.75 Å². The number of carbonyl (C=O) groups is 1.